The van der Waals surface area contributed by atoms with Gasteiger partial charge in [-0.15, -0.1) is 0 Å². The molecule has 1 aromatic heterocycles. The van der Waals surface area contributed by atoms with Crippen molar-refractivity contribution in [1.82, 2.24) is 4.57 Å². The first-order valence-electron chi connectivity index (χ1n) is 9.23. The predicted octanol–water partition coefficient (Wildman–Crippen LogP) is 5.91. The molecule has 0 spiro atoms. The van der Waals surface area contributed by atoms with E-state index in [9.17, 15) is 4.79 Å². The maximum Gasteiger partial charge on any atom is 0.272 e. The standard InChI is InChI=1S/C22H25ClN2O2/c1-5-25-20-11-6-16(23)12-19(20)15(4)21(25)22(26)24-17-7-9-18(10-8-17)27-13-14(2)3/h6-12,14H,5,13H2,1-4H3,(H,24,26). The molecular weight excluding hydrogens is 360 g/mol. The second-order valence-electron chi connectivity index (χ2n) is 7.06. The summed E-state index contributed by atoms with van der Waals surface area (Å²) in [6.45, 7) is 9.59. The Morgan fingerprint density at radius 2 is 1.89 bits per heavy atom. The van der Waals surface area contributed by atoms with Gasteiger partial charge in [-0.2, -0.15) is 0 Å². The molecule has 4 nitrogen and oxygen atoms in total. The van der Waals surface area contributed by atoms with E-state index in [2.05, 4.69) is 19.2 Å². The summed E-state index contributed by atoms with van der Waals surface area (Å²) in [6, 6.07) is 13.2. The lowest BCUT2D eigenvalue weighted by atomic mass is 10.1. The highest BCUT2D eigenvalue weighted by Gasteiger charge is 2.20. The number of ether oxygens (including phenoxy) is 1. The molecule has 3 aromatic rings. The summed E-state index contributed by atoms with van der Waals surface area (Å²) in [7, 11) is 0. The van der Waals surface area contributed by atoms with Gasteiger partial charge in [0.05, 0.1) is 6.61 Å². The lowest BCUT2D eigenvalue weighted by Gasteiger charge is -2.11. The highest BCUT2D eigenvalue weighted by molar-refractivity contribution is 6.31. The number of aryl methyl sites for hydroxylation is 2. The van der Waals surface area contributed by atoms with Gasteiger partial charge in [0.2, 0.25) is 0 Å². The van der Waals surface area contributed by atoms with Crippen molar-refractivity contribution in [2.24, 2.45) is 5.92 Å². The Hall–Kier alpha value is -2.46. The van der Waals surface area contributed by atoms with E-state index in [4.69, 9.17) is 16.3 Å². The van der Waals surface area contributed by atoms with Crippen molar-refractivity contribution in [2.75, 3.05) is 11.9 Å². The van der Waals surface area contributed by atoms with Crippen LogP contribution in [0.2, 0.25) is 5.02 Å². The van der Waals surface area contributed by atoms with E-state index in [0.29, 0.717) is 29.8 Å². The van der Waals surface area contributed by atoms with E-state index in [1.807, 2.05) is 60.9 Å². The number of hydrogen-bond acceptors (Lipinski definition) is 2. The molecule has 1 N–H and O–H groups in total. The highest BCUT2D eigenvalue weighted by atomic mass is 35.5. The fourth-order valence-electron chi connectivity index (χ4n) is 3.20. The Bertz CT molecular complexity index is 959. The van der Waals surface area contributed by atoms with E-state index < -0.39 is 0 Å². The number of benzene rings is 2. The minimum atomic E-state index is -0.127. The van der Waals surface area contributed by atoms with Crippen LogP contribution in [0.15, 0.2) is 42.5 Å². The van der Waals surface area contributed by atoms with Crippen molar-refractivity contribution in [3.8, 4) is 5.75 Å². The minimum absolute atomic E-state index is 0.127. The third-order valence-electron chi connectivity index (χ3n) is 4.51. The van der Waals surface area contributed by atoms with Crippen LogP contribution >= 0.6 is 11.6 Å². The zero-order valence-electron chi connectivity index (χ0n) is 16.2. The average Bonchev–Trinajstić information content (AvgIpc) is 2.92. The van der Waals surface area contributed by atoms with Gasteiger partial charge in [-0.25, -0.2) is 0 Å². The van der Waals surface area contributed by atoms with E-state index in [1.165, 1.54) is 0 Å². The molecule has 0 bridgehead atoms. The van der Waals surface area contributed by atoms with Crippen molar-refractivity contribution >= 4 is 34.1 Å². The number of nitrogens with zero attached hydrogens (tertiary/aromatic N) is 1. The Morgan fingerprint density at radius 1 is 1.19 bits per heavy atom. The summed E-state index contributed by atoms with van der Waals surface area (Å²) in [5.41, 5.74) is 3.35. The molecule has 0 saturated carbocycles. The van der Waals surface area contributed by atoms with E-state index >= 15 is 0 Å². The van der Waals surface area contributed by atoms with Gasteiger partial charge < -0.3 is 14.6 Å². The molecular formula is C22H25ClN2O2. The highest BCUT2D eigenvalue weighted by Crippen LogP contribution is 2.29. The number of aromatic nitrogens is 1. The molecule has 5 heteroatoms. The quantitative estimate of drug-likeness (QED) is 0.574. The third kappa shape index (κ3) is 4.11. The first-order chi connectivity index (χ1) is 12.9. The molecule has 1 heterocycles. The van der Waals surface area contributed by atoms with Crippen LogP contribution in [0.25, 0.3) is 10.9 Å². The monoisotopic (exact) mass is 384 g/mol. The summed E-state index contributed by atoms with van der Waals surface area (Å²) in [6.07, 6.45) is 0. The lowest BCUT2D eigenvalue weighted by molar-refractivity contribution is 0.101. The van der Waals surface area contributed by atoms with Crippen LogP contribution in [0.4, 0.5) is 5.69 Å². The summed E-state index contributed by atoms with van der Waals surface area (Å²) >= 11 is 6.14. The Labute approximate surface area is 165 Å². The molecule has 3 rings (SSSR count). The number of fused-ring (bicyclic) bond motifs is 1. The zero-order chi connectivity index (χ0) is 19.6. The van der Waals surface area contributed by atoms with Crippen LogP contribution in [0.5, 0.6) is 5.75 Å². The molecule has 0 aliphatic carbocycles. The third-order valence-corrected chi connectivity index (χ3v) is 4.74. The fourth-order valence-corrected chi connectivity index (χ4v) is 3.38. The molecule has 27 heavy (non-hydrogen) atoms. The molecule has 1 amide bonds. The van der Waals surface area contributed by atoms with Crippen LogP contribution < -0.4 is 10.1 Å². The van der Waals surface area contributed by atoms with Gasteiger partial charge in [-0.3, -0.25) is 4.79 Å². The van der Waals surface area contributed by atoms with Crippen LogP contribution in [0.3, 0.4) is 0 Å². The summed E-state index contributed by atoms with van der Waals surface area (Å²) in [5, 5.41) is 4.67. The molecule has 2 aromatic carbocycles. The van der Waals surface area contributed by atoms with Crippen molar-refractivity contribution in [3.63, 3.8) is 0 Å². The van der Waals surface area contributed by atoms with Gasteiger partial charge >= 0.3 is 0 Å². The van der Waals surface area contributed by atoms with Crippen molar-refractivity contribution in [2.45, 2.75) is 34.2 Å². The van der Waals surface area contributed by atoms with Gasteiger partial charge in [-0.1, -0.05) is 25.4 Å². The number of nitrogens with one attached hydrogen (secondary N) is 1. The number of anilines is 1. The maximum absolute atomic E-state index is 13.0. The van der Waals surface area contributed by atoms with Gasteiger partial charge in [0.25, 0.3) is 5.91 Å². The molecule has 0 fully saturated rings. The molecule has 0 aliphatic rings. The number of rotatable bonds is 6. The predicted molar refractivity (Wildman–Crippen MR) is 112 cm³/mol. The smallest absolute Gasteiger partial charge is 0.272 e. The summed E-state index contributed by atoms with van der Waals surface area (Å²) < 4.78 is 7.71. The minimum Gasteiger partial charge on any atom is -0.493 e. The zero-order valence-corrected chi connectivity index (χ0v) is 16.9. The van der Waals surface area contributed by atoms with Crippen molar-refractivity contribution < 1.29 is 9.53 Å². The molecule has 0 unspecified atom stereocenters. The van der Waals surface area contributed by atoms with Crippen LogP contribution in [-0.4, -0.2) is 17.1 Å². The topological polar surface area (TPSA) is 43.3 Å². The first-order valence-corrected chi connectivity index (χ1v) is 9.61. The lowest BCUT2D eigenvalue weighted by Crippen LogP contribution is -2.17. The Balaban J connectivity index is 1.85. The van der Waals surface area contributed by atoms with E-state index in [1.54, 1.807) is 0 Å². The van der Waals surface area contributed by atoms with Crippen LogP contribution in [0.1, 0.15) is 36.8 Å². The van der Waals surface area contributed by atoms with Gasteiger partial charge in [0.1, 0.15) is 11.4 Å². The second kappa shape index (κ2) is 8.05. The van der Waals surface area contributed by atoms with Crippen molar-refractivity contribution in [1.29, 1.82) is 0 Å². The normalized spacial score (nSPS) is 11.2. The molecule has 0 saturated heterocycles. The number of carbonyl (C=O) groups excluding carboxylic acids is 1. The SMILES string of the molecule is CCn1c(C(=O)Nc2ccc(OCC(C)C)cc2)c(C)c2cc(Cl)ccc21. The second-order valence-corrected chi connectivity index (χ2v) is 7.50. The van der Waals surface area contributed by atoms with Gasteiger partial charge in [0, 0.05) is 28.2 Å². The Kier molecular flexibility index (Phi) is 5.76. The number of halogens is 1. The summed E-state index contributed by atoms with van der Waals surface area (Å²) in [4.78, 5) is 13.0. The average molecular weight is 385 g/mol. The molecule has 0 radical (unpaired) electrons. The maximum atomic E-state index is 13.0. The number of carbonyl (C=O) groups is 1. The number of amides is 1. The fraction of sp³-hybridized carbons (Fsp3) is 0.318. The first kappa shape index (κ1) is 19.3. The van der Waals surface area contributed by atoms with E-state index in [-0.39, 0.29) is 5.91 Å². The largest absolute Gasteiger partial charge is 0.493 e. The number of hydrogen-bond donors (Lipinski definition) is 1. The van der Waals surface area contributed by atoms with Crippen LogP contribution in [0, 0.1) is 12.8 Å². The van der Waals surface area contributed by atoms with Crippen LogP contribution in [-0.2, 0) is 6.54 Å². The van der Waals surface area contributed by atoms with E-state index in [0.717, 1.165) is 27.9 Å². The van der Waals surface area contributed by atoms with Gasteiger partial charge in [0.15, 0.2) is 0 Å². The summed E-state index contributed by atoms with van der Waals surface area (Å²) in [5.74, 6) is 1.14. The molecule has 142 valence electrons. The molecule has 0 atom stereocenters. The Morgan fingerprint density at radius 3 is 2.52 bits per heavy atom. The van der Waals surface area contributed by atoms with Gasteiger partial charge in [-0.05, 0) is 67.8 Å². The molecule has 0 aliphatic heterocycles. The van der Waals surface area contributed by atoms with Crippen molar-refractivity contribution in [3.05, 3.63) is 58.7 Å².